The van der Waals surface area contributed by atoms with Gasteiger partial charge in [-0.3, -0.25) is 4.79 Å². The predicted octanol–water partition coefficient (Wildman–Crippen LogP) is 2.83. The van der Waals surface area contributed by atoms with E-state index in [1.54, 1.807) is 4.90 Å². The van der Waals surface area contributed by atoms with Crippen molar-refractivity contribution >= 4 is 17.7 Å². The summed E-state index contributed by atoms with van der Waals surface area (Å²) in [6.45, 7) is 0.390. The van der Waals surface area contributed by atoms with E-state index in [-0.39, 0.29) is 30.4 Å². The van der Waals surface area contributed by atoms with Crippen LogP contribution in [0.5, 0.6) is 5.75 Å². The number of carbonyl (C=O) groups excluding carboxylic acids is 1. The molecule has 9 heteroatoms. The third-order valence-electron chi connectivity index (χ3n) is 3.21. The van der Waals surface area contributed by atoms with Gasteiger partial charge in [0.15, 0.2) is 5.76 Å². The second kappa shape index (κ2) is 6.23. The quantitative estimate of drug-likeness (QED) is 0.838. The molecule has 1 fully saturated rings. The number of ether oxygens (including phenoxy) is 3. The highest BCUT2D eigenvalue weighted by Gasteiger charge is 2.37. The van der Waals surface area contributed by atoms with Crippen molar-refractivity contribution in [2.75, 3.05) is 12.5 Å². The van der Waals surface area contributed by atoms with E-state index in [4.69, 9.17) is 9.47 Å². The maximum absolute atomic E-state index is 12.1. The van der Waals surface area contributed by atoms with Gasteiger partial charge in [-0.2, -0.15) is 0 Å². The van der Waals surface area contributed by atoms with Crippen molar-refractivity contribution in [2.24, 2.45) is 0 Å². The summed E-state index contributed by atoms with van der Waals surface area (Å²) in [4.78, 5) is 13.6. The smallest absolute Gasteiger partial charge is 0.461 e. The molecule has 0 spiro atoms. The summed E-state index contributed by atoms with van der Waals surface area (Å²) in [6, 6.07) is 5.43. The van der Waals surface area contributed by atoms with Crippen molar-refractivity contribution in [3.8, 4) is 5.75 Å². The Morgan fingerprint density at radius 1 is 1.30 bits per heavy atom. The van der Waals surface area contributed by atoms with Crippen LogP contribution in [0.15, 0.2) is 36.3 Å². The fourth-order valence-corrected chi connectivity index (χ4v) is 3.36. The molecule has 1 aromatic carbocycles. The van der Waals surface area contributed by atoms with Gasteiger partial charge in [0.05, 0.1) is 5.75 Å². The van der Waals surface area contributed by atoms with Gasteiger partial charge in [0.2, 0.25) is 12.7 Å². The lowest BCUT2D eigenvalue weighted by Gasteiger charge is -2.23. The van der Waals surface area contributed by atoms with Gasteiger partial charge >= 0.3 is 6.36 Å². The molecule has 124 valence electrons. The van der Waals surface area contributed by atoms with Crippen LogP contribution < -0.4 is 4.74 Å². The SMILES string of the molecule is O=C1CSC(C2=COCO2)N1Cc1ccc(OC(F)(F)F)cc1. The average molecular weight is 347 g/mol. The Morgan fingerprint density at radius 2 is 2.04 bits per heavy atom. The van der Waals surface area contributed by atoms with Crippen LogP contribution in [0.4, 0.5) is 13.2 Å². The third kappa shape index (κ3) is 3.84. The van der Waals surface area contributed by atoms with Gasteiger partial charge in [-0.25, -0.2) is 0 Å². The van der Waals surface area contributed by atoms with Crippen LogP contribution >= 0.6 is 11.8 Å². The van der Waals surface area contributed by atoms with E-state index < -0.39 is 6.36 Å². The Labute approximate surface area is 134 Å². The minimum absolute atomic E-state index is 0.0629. The highest BCUT2D eigenvalue weighted by Crippen LogP contribution is 2.34. The molecule has 2 aliphatic heterocycles. The predicted molar refractivity (Wildman–Crippen MR) is 75.0 cm³/mol. The largest absolute Gasteiger partial charge is 0.573 e. The van der Waals surface area contributed by atoms with Gasteiger partial charge in [0.1, 0.15) is 17.4 Å². The van der Waals surface area contributed by atoms with Crippen molar-refractivity contribution in [3.63, 3.8) is 0 Å². The molecule has 23 heavy (non-hydrogen) atoms. The molecule has 0 N–H and O–H groups in total. The summed E-state index contributed by atoms with van der Waals surface area (Å²) in [6.07, 6.45) is -3.25. The minimum atomic E-state index is -4.72. The Morgan fingerprint density at radius 3 is 2.65 bits per heavy atom. The molecular weight excluding hydrogens is 335 g/mol. The monoisotopic (exact) mass is 347 g/mol. The van der Waals surface area contributed by atoms with Crippen molar-refractivity contribution in [1.29, 1.82) is 0 Å². The van der Waals surface area contributed by atoms with Gasteiger partial charge in [0.25, 0.3) is 0 Å². The number of benzene rings is 1. The number of halogens is 3. The van der Waals surface area contributed by atoms with Crippen LogP contribution in [0.2, 0.25) is 0 Å². The van der Waals surface area contributed by atoms with Gasteiger partial charge in [-0.15, -0.1) is 24.9 Å². The molecule has 0 aromatic heterocycles. The third-order valence-corrected chi connectivity index (χ3v) is 4.43. The molecule has 3 rings (SSSR count). The van der Waals surface area contributed by atoms with Gasteiger partial charge < -0.3 is 19.1 Å². The lowest BCUT2D eigenvalue weighted by atomic mass is 10.2. The average Bonchev–Trinajstić information content (AvgIpc) is 3.10. The first-order chi connectivity index (χ1) is 10.9. The highest BCUT2D eigenvalue weighted by atomic mass is 32.2. The van der Waals surface area contributed by atoms with E-state index in [9.17, 15) is 18.0 Å². The second-order valence-corrected chi connectivity index (χ2v) is 5.89. The fourth-order valence-electron chi connectivity index (χ4n) is 2.24. The van der Waals surface area contributed by atoms with Gasteiger partial charge in [-0.05, 0) is 17.7 Å². The molecule has 1 unspecified atom stereocenters. The standard InChI is InChI=1S/C14H12F3NO4S/c15-14(16,17)22-10-3-1-9(2-4-10)5-18-12(19)7-23-13(18)11-6-20-8-21-11/h1-4,6,13H,5,7-8H2. The Kier molecular flexibility index (Phi) is 4.29. The van der Waals surface area contributed by atoms with E-state index in [1.165, 1.54) is 42.3 Å². The summed E-state index contributed by atoms with van der Waals surface area (Å²) < 4.78 is 50.5. The first-order valence-corrected chi connectivity index (χ1v) is 7.67. The zero-order valence-corrected chi connectivity index (χ0v) is 12.5. The topological polar surface area (TPSA) is 48.0 Å². The summed E-state index contributed by atoms with van der Waals surface area (Å²) in [5.74, 6) is 0.528. The molecule has 1 aromatic rings. The molecule has 1 amide bonds. The zero-order valence-electron chi connectivity index (χ0n) is 11.7. The Hall–Kier alpha value is -2.03. The number of nitrogens with zero attached hydrogens (tertiary/aromatic N) is 1. The Balaban J connectivity index is 1.68. The van der Waals surface area contributed by atoms with Crippen molar-refractivity contribution in [2.45, 2.75) is 18.3 Å². The van der Waals surface area contributed by atoms with Crippen LogP contribution in [0.1, 0.15) is 5.56 Å². The van der Waals surface area contributed by atoms with Crippen molar-refractivity contribution < 1.29 is 32.2 Å². The lowest BCUT2D eigenvalue weighted by molar-refractivity contribution is -0.274. The Bertz CT molecular complexity index is 617. The second-order valence-electron chi connectivity index (χ2n) is 4.83. The first kappa shape index (κ1) is 15.9. The van der Waals surface area contributed by atoms with Gasteiger partial charge in [0, 0.05) is 6.54 Å². The number of hydrogen-bond acceptors (Lipinski definition) is 5. The van der Waals surface area contributed by atoms with Gasteiger partial charge in [-0.1, -0.05) is 12.1 Å². The molecule has 2 aliphatic rings. The van der Waals surface area contributed by atoms with Crippen LogP contribution in [-0.4, -0.2) is 35.1 Å². The molecular formula is C14H12F3NO4S. The molecule has 0 bridgehead atoms. The molecule has 2 heterocycles. The fraction of sp³-hybridized carbons (Fsp3) is 0.357. The number of hydrogen-bond donors (Lipinski definition) is 0. The van der Waals surface area contributed by atoms with Crippen molar-refractivity contribution in [1.82, 2.24) is 4.90 Å². The van der Waals surface area contributed by atoms with Crippen LogP contribution in [-0.2, 0) is 20.8 Å². The maximum Gasteiger partial charge on any atom is 0.573 e. The van der Waals surface area contributed by atoms with Crippen LogP contribution in [0.3, 0.4) is 0 Å². The highest BCUT2D eigenvalue weighted by molar-refractivity contribution is 8.01. The molecule has 0 saturated carbocycles. The molecule has 1 saturated heterocycles. The number of rotatable bonds is 4. The van der Waals surface area contributed by atoms with E-state index in [1.807, 2.05) is 0 Å². The lowest BCUT2D eigenvalue weighted by Crippen LogP contribution is -2.33. The minimum Gasteiger partial charge on any atom is -0.461 e. The van der Waals surface area contributed by atoms with Crippen LogP contribution in [0.25, 0.3) is 0 Å². The normalized spacial score (nSPS) is 21.0. The summed E-state index contributed by atoms with van der Waals surface area (Å²) in [7, 11) is 0. The summed E-state index contributed by atoms with van der Waals surface area (Å²) in [5, 5.41) is -0.281. The molecule has 0 aliphatic carbocycles. The van der Waals surface area contributed by atoms with Crippen LogP contribution in [0, 0.1) is 0 Å². The number of carbonyl (C=O) groups is 1. The molecule has 5 nitrogen and oxygen atoms in total. The number of thioether (sulfide) groups is 1. The first-order valence-electron chi connectivity index (χ1n) is 6.62. The van der Waals surface area contributed by atoms with Crippen molar-refractivity contribution in [3.05, 3.63) is 41.9 Å². The van der Waals surface area contributed by atoms with E-state index in [0.29, 0.717) is 17.1 Å². The maximum atomic E-state index is 12.1. The summed E-state index contributed by atoms with van der Waals surface area (Å²) >= 11 is 1.42. The van der Waals surface area contributed by atoms with E-state index in [2.05, 4.69) is 4.74 Å². The number of amides is 1. The zero-order chi connectivity index (χ0) is 16.4. The summed E-state index contributed by atoms with van der Waals surface area (Å²) in [5.41, 5.74) is 0.694. The molecule has 0 radical (unpaired) electrons. The molecule has 1 atom stereocenters. The number of alkyl halides is 3. The van der Waals surface area contributed by atoms with E-state index >= 15 is 0 Å². The van der Waals surface area contributed by atoms with E-state index in [0.717, 1.165) is 0 Å².